The molecule has 0 amide bonds. The lowest BCUT2D eigenvalue weighted by Gasteiger charge is -2.34. The zero-order valence-corrected chi connectivity index (χ0v) is 16.2. The third-order valence-electron chi connectivity index (χ3n) is 4.75. The number of sulfonamides is 1. The standard InChI is InChI=1S/C19H27N3O3S/c1-16-5-3-6-17(13-16)15-26(23,24)20-14-19(18-7-4-8-21(18)2)22-9-11-25-12-10-22/h3-8,13,19-20H,9-12,14-15H2,1-2H3/t19-/m0/s1. The first kappa shape index (κ1) is 19.1. The fraction of sp³-hybridized carbons (Fsp3) is 0.474. The van der Waals surface area contributed by atoms with Gasteiger partial charge >= 0.3 is 0 Å². The Morgan fingerprint density at radius 1 is 1.19 bits per heavy atom. The predicted molar refractivity (Wildman–Crippen MR) is 102 cm³/mol. The summed E-state index contributed by atoms with van der Waals surface area (Å²) in [6.45, 7) is 5.28. The summed E-state index contributed by atoms with van der Waals surface area (Å²) in [6, 6.07) is 11.7. The minimum Gasteiger partial charge on any atom is -0.379 e. The number of morpholine rings is 1. The number of aromatic nitrogens is 1. The van der Waals surface area contributed by atoms with Crippen LogP contribution >= 0.6 is 0 Å². The molecule has 2 heterocycles. The fourth-order valence-corrected chi connectivity index (χ4v) is 4.54. The highest BCUT2D eigenvalue weighted by Crippen LogP contribution is 2.22. The number of nitrogens with one attached hydrogen (secondary N) is 1. The highest BCUT2D eigenvalue weighted by molar-refractivity contribution is 7.88. The molecule has 142 valence electrons. The maximum atomic E-state index is 12.6. The molecule has 1 aromatic carbocycles. The number of benzene rings is 1. The average molecular weight is 378 g/mol. The molecule has 0 unspecified atom stereocenters. The van der Waals surface area contributed by atoms with E-state index in [1.165, 1.54) is 0 Å². The van der Waals surface area contributed by atoms with Crippen LogP contribution in [0.5, 0.6) is 0 Å². The van der Waals surface area contributed by atoms with Crippen LogP contribution in [0.3, 0.4) is 0 Å². The molecule has 0 aliphatic carbocycles. The van der Waals surface area contributed by atoms with Crippen molar-refractivity contribution in [1.29, 1.82) is 0 Å². The molecule has 1 atom stereocenters. The van der Waals surface area contributed by atoms with Crippen LogP contribution in [0.2, 0.25) is 0 Å². The number of hydrogen-bond acceptors (Lipinski definition) is 4. The summed E-state index contributed by atoms with van der Waals surface area (Å²) >= 11 is 0. The van der Waals surface area contributed by atoms with Gasteiger partial charge in [0.1, 0.15) is 0 Å². The first-order chi connectivity index (χ1) is 12.4. The van der Waals surface area contributed by atoms with Crippen molar-refractivity contribution >= 4 is 10.0 Å². The van der Waals surface area contributed by atoms with E-state index in [0.29, 0.717) is 19.8 Å². The monoisotopic (exact) mass is 377 g/mol. The lowest BCUT2D eigenvalue weighted by atomic mass is 10.1. The van der Waals surface area contributed by atoms with E-state index >= 15 is 0 Å². The maximum absolute atomic E-state index is 12.6. The fourth-order valence-electron chi connectivity index (χ4n) is 3.41. The SMILES string of the molecule is Cc1cccc(CS(=O)(=O)NC[C@@H](c2cccn2C)N2CCOCC2)c1. The molecule has 1 aliphatic heterocycles. The van der Waals surface area contributed by atoms with E-state index in [4.69, 9.17) is 4.74 Å². The molecule has 0 spiro atoms. The number of ether oxygens (including phenoxy) is 1. The van der Waals surface area contributed by atoms with Crippen molar-refractivity contribution in [2.75, 3.05) is 32.8 Å². The molecular formula is C19H27N3O3S. The molecule has 1 N–H and O–H groups in total. The molecule has 0 bridgehead atoms. The Morgan fingerprint density at radius 3 is 2.62 bits per heavy atom. The molecule has 1 fully saturated rings. The van der Waals surface area contributed by atoms with E-state index in [0.717, 1.165) is 29.9 Å². The van der Waals surface area contributed by atoms with E-state index < -0.39 is 10.0 Å². The van der Waals surface area contributed by atoms with Gasteiger partial charge < -0.3 is 9.30 Å². The largest absolute Gasteiger partial charge is 0.379 e. The van der Waals surface area contributed by atoms with Crippen LogP contribution in [0, 0.1) is 6.92 Å². The van der Waals surface area contributed by atoms with Gasteiger partial charge in [-0.1, -0.05) is 29.8 Å². The number of nitrogens with zero attached hydrogens (tertiary/aromatic N) is 2. The van der Waals surface area contributed by atoms with E-state index in [1.807, 2.05) is 50.5 Å². The van der Waals surface area contributed by atoms with Gasteiger partial charge in [-0.2, -0.15) is 0 Å². The summed E-state index contributed by atoms with van der Waals surface area (Å²) in [5, 5.41) is 0. The number of hydrogen-bond donors (Lipinski definition) is 1. The maximum Gasteiger partial charge on any atom is 0.215 e. The molecule has 1 saturated heterocycles. The zero-order valence-electron chi connectivity index (χ0n) is 15.4. The van der Waals surface area contributed by atoms with Crippen molar-refractivity contribution in [3.05, 3.63) is 59.4 Å². The minimum atomic E-state index is -3.41. The summed E-state index contributed by atoms with van der Waals surface area (Å²) in [5.74, 6) is -0.00233. The molecule has 1 aromatic heterocycles. The third-order valence-corrected chi connectivity index (χ3v) is 6.07. The Balaban J connectivity index is 1.71. The molecule has 26 heavy (non-hydrogen) atoms. The van der Waals surface area contributed by atoms with Gasteiger partial charge in [-0.3, -0.25) is 4.90 Å². The summed E-state index contributed by atoms with van der Waals surface area (Å²) in [6.07, 6.45) is 1.99. The summed E-state index contributed by atoms with van der Waals surface area (Å²) in [7, 11) is -1.42. The van der Waals surface area contributed by atoms with Gasteiger partial charge in [0, 0.05) is 38.6 Å². The van der Waals surface area contributed by atoms with E-state index in [1.54, 1.807) is 0 Å². The highest BCUT2D eigenvalue weighted by atomic mass is 32.2. The van der Waals surface area contributed by atoms with Gasteiger partial charge in [0.2, 0.25) is 10.0 Å². The van der Waals surface area contributed by atoms with Gasteiger partial charge in [-0.05, 0) is 24.6 Å². The minimum absolute atomic E-state index is 0.00233. The molecule has 3 rings (SSSR count). The quantitative estimate of drug-likeness (QED) is 0.800. The average Bonchev–Trinajstić information content (AvgIpc) is 3.01. The highest BCUT2D eigenvalue weighted by Gasteiger charge is 2.26. The van der Waals surface area contributed by atoms with Crippen molar-refractivity contribution in [1.82, 2.24) is 14.2 Å². The Hall–Kier alpha value is -1.67. The molecule has 0 saturated carbocycles. The predicted octanol–water partition coefficient (Wildman–Crippen LogP) is 1.83. The molecule has 7 heteroatoms. The van der Waals surface area contributed by atoms with Crippen molar-refractivity contribution in [2.45, 2.75) is 18.7 Å². The van der Waals surface area contributed by atoms with Crippen LogP contribution < -0.4 is 4.72 Å². The van der Waals surface area contributed by atoms with E-state index in [9.17, 15) is 8.42 Å². The molecule has 1 aliphatic rings. The van der Waals surface area contributed by atoms with E-state index in [2.05, 4.69) is 20.3 Å². The summed E-state index contributed by atoms with van der Waals surface area (Å²) in [4.78, 5) is 2.29. The second-order valence-electron chi connectivity index (χ2n) is 6.80. The van der Waals surface area contributed by atoms with Crippen LogP contribution in [0.1, 0.15) is 22.9 Å². The van der Waals surface area contributed by atoms with Crippen molar-refractivity contribution < 1.29 is 13.2 Å². The van der Waals surface area contributed by atoms with Crippen LogP contribution in [0.4, 0.5) is 0 Å². The second-order valence-corrected chi connectivity index (χ2v) is 8.61. The van der Waals surface area contributed by atoms with Gasteiger partial charge in [0.15, 0.2) is 0 Å². The van der Waals surface area contributed by atoms with Crippen molar-refractivity contribution in [3.63, 3.8) is 0 Å². The summed E-state index contributed by atoms with van der Waals surface area (Å²) < 4.78 is 35.5. The van der Waals surface area contributed by atoms with Crippen LogP contribution in [0.15, 0.2) is 42.6 Å². The lowest BCUT2D eigenvalue weighted by molar-refractivity contribution is 0.0158. The second kappa shape index (κ2) is 8.35. The van der Waals surface area contributed by atoms with Gasteiger partial charge in [0.25, 0.3) is 0 Å². The van der Waals surface area contributed by atoms with Crippen molar-refractivity contribution in [2.24, 2.45) is 7.05 Å². The Bertz CT molecular complexity index is 826. The Morgan fingerprint density at radius 2 is 1.96 bits per heavy atom. The first-order valence-electron chi connectivity index (χ1n) is 8.90. The van der Waals surface area contributed by atoms with Crippen LogP contribution in [-0.4, -0.2) is 50.7 Å². The lowest BCUT2D eigenvalue weighted by Crippen LogP contribution is -2.44. The van der Waals surface area contributed by atoms with Gasteiger partial charge in [-0.15, -0.1) is 0 Å². The molecule has 0 radical (unpaired) electrons. The third kappa shape index (κ3) is 4.94. The topological polar surface area (TPSA) is 63.6 Å². The van der Waals surface area contributed by atoms with Crippen LogP contribution in [0.25, 0.3) is 0 Å². The Labute approximate surface area is 155 Å². The van der Waals surface area contributed by atoms with Gasteiger partial charge in [0.05, 0.1) is 25.0 Å². The zero-order chi connectivity index (χ0) is 18.6. The van der Waals surface area contributed by atoms with E-state index in [-0.39, 0.29) is 11.8 Å². The smallest absolute Gasteiger partial charge is 0.215 e. The normalized spacial score (nSPS) is 17.3. The first-order valence-corrected chi connectivity index (χ1v) is 10.6. The number of rotatable bonds is 7. The summed E-state index contributed by atoms with van der Waals surface area (Å²) in [5.41, 5.74) is 2.97. The number of aryl methyl sites for hydroxylation is 2. The van der Waals surface area contributed by atoms with Gasteiger partial charge in [-0.25, -0.2) is 13.1 Å². The Kier molecular flexibility index (Phi) is 6.13. The molecular weight excluding hydrogens is 350 g/mol. The van der Waals surface area contributed by atoms with Crippen LogP contribution in [-0.2, 0) is 27.6 Å². The molecule has 2 aromatic rings. The molecule has 6 nitrogen and oxygen atoms in total. The van der Waals surface area contributed by atoms with Crippen molar-refractivity contribution in [3.8, 4) is 0 Å².